The van der Waals surface area contributed by atoms with E-state index in [-0.39, 0.29) is 10.8 Å². The van der Waals surface area contributed by atoms with E-state index in [0.717, 1.165) is 17.2 Å². The largest absolute Gasteiger partial charge is 0.417 e. The van der Waals surface area contributed by atoms with Crippen molar-refractivity contribution in [2.45, 2.75) is 16.8 Å². The fourth-order valence-electron chi connectivity index (χ4n) is 2.38. The van der Waals surface area contributed by atoms with Crippen molar-refractivity contribution in [1.82, 2.24) is 4.98 Å². The van der Waals surface area contributed by atoms with Gasteiger partial charge in [0.1, 0.15) is 0 Å². The van der Waals surface area contributed by atoms with Gasteiger partial charge in [-0.25, -0.2) is 4.79 Å². The average molecular weight is 438 g/mol. The molecule has 150 valence electrons. The Kier molecular flexibility index (Phi) is 6.66. The van der Waals surface area contributed by atoms with Gasteiger partial charge >= 0.3 is 12.2 Å². The van der Waals surface area contributed by atoms with Crippen LogP contribution in [0.5, 0.6) is 0 Å². The van der Waals surface area contributed by atoms with Gasteiger partial charge in [-0.05, 0) is 30.3 Å². The zero-order valence-electron chi connectivity index (χ0n) is 14.8. The van der Waals surface area contributed by atoms with E-state index in [1.165, 1.54) is 11.8 Å². The molecule has 29 heavy (non-hydrogen) atoms. The molecule has 0 bridgehead atoms. The van der Waals surface area contributed by atoms with Crippen LogP contribution >= 0.6 is 23.4 Å². The number of nitrogens with one attached hydrogen (secondary N) is 2. The number of thioether (sulfide) groups is 1. The lowest BCUT2D eigenvalue weighted by molar-refractivity contribution is -0.137. The van der Waals surface area contributed by atoms with Gasteiger partial charge in [0.05, 0.1) is 22.0 Å². The smallest absolute Gasteiger partial charge is 0.308 e. The molecule has 0 aliphatic heterocycles. The summed E-state index contributed by atoms with van der Waals surface area (Å²) < 4.78 is 38.2. The fraction of sp³-hybridized carbons (Fsp3) is 0.100. The average Bonchev–Trinajstić information content (AvgIpc) is 2.68. The van der Waals surface area contributed by atoms with Crippen molar-refractivity contribution in [3.8, 4) is 0 Å². The summed E-state index contributed by atoms with van der Waals surface area (Å²) in [6.45, 7) is 0. The number of rotatable bonds is 5. The van der Waals surface area contributed by atoms with Crippen LogP contribution in [0.4, 0.5) is 29.3 Å². The number of anilines is 2. The normalized spacial score (nSPS) is 11.2. The fourth-order valence-corrected chi connectivity index (χ4v) is 3.66. The summed E-state index contributed by atoms with van der Waals surface area (Å²) in [7, 11) is 0. The molecule has 0 spiro atoms. The molecule has 9 heteroatoms. The lowest BCUT2D eigenvalue weighted by Crippen LogP contribution is -2.19. The highest BCUT2D eigenvalue weighted by Gasteiger charge is 2.31. The molecule has 1 aromatic heterocycles. The molecule has 0 unspecified atom stereocenters. The van der Waals surface area contributed by atoms with Gasteiger partial charge in [0, 0.05) is 22.5 Å². The molecule has 2 aromatic carbocycles. The van der Waals surface area contributed by atoms with Crippen molar-refractivity contribution in [3.63, 3.8) is 0 Å². The molecule has 3 rings (SSSR count). The van der Waals surface area contributed by atoms with E-state index in [1.807, 2.05) is 6.07 Å². The van der Waals surface area contributed by atoms with Crippen molar-refractivity contribution < 1.29 is 18.0 Å². The summed E-state index contributed by atoms with van der Waals surface area (Å²) in [5, 5.41) is 5.43. The van der Waals surface area contributed by atoms with Crippen LogP contribution in [0.25, 0.3) is 0 Å². The Morgan fingerprint density at radius 1 is 1.03 bits per heavy atom. The van der Waals surface area contributed by atoms with Gasteiger partial charge < -0.3 is 10.6 Å². The Labute approximate surface area is 174 Å². The second-order valence-corrected chi connectivity index (χ2v) is 7.30. The number of carbonyl (C=O) groups is 1. The Morgan fingerprint density at radius 2 is 1.72 bits per heavy atom. The first-order valence-electron chi connectivity index (χ1n) is 8.39. The minimum absolute atomic E-state index is 0.0559. The molecule has 4 nitrogen and oxygen atoms in total. The highest BCUT2D eigenvalue weighted by atomic mass is 35.5. The van der Waals surface area contributed by atoms with Gasteiger partial charge in [0.2, 0.25) is 0 Å². The topological polar surface area (TPSA) is 54.0 Å². The number of aromatic nitrogens is 1. The number of benzene rings is 2. The Morgan fingerprint density at radius 3 is 2.41 bits per heavy atom. The van der Waals surface area contributed by atoms with Crippen molar-refractivity contribution in [1.29, 1.82) is 0 Å². The molecule has 0 atom stereocenters. The van der Waals surface area contributed by atoms with Crippen molar-refractivity contribution >= 4 is 40.8 Å². The number of halogens is 4. The lowest BCUT2D eigenvalue weighted by Gasteiger charge is -2.12. The molecule has 2 N–H and O–H groups in total. The molecule has 0 fully saturated rings. The first kappa shape index (κ1) is 21.0. The number of urea groups is 1. The highest BCUT2D eigenvalue weighted by Crippen LogP contribution is 2.34. The predicted molar refractivity (Wildman–Crippen MR) is 109 cm³/mol. The summed E-state index contributed by atoms with van der Waals surface area (Å²) in [4.78, 5) is 16.8. The van der Waals surface area contributed by atoms with E-state index in [2.05, 4.69) is 15.6 Å². The van der Waals surface area contributed by atoms with Crippen LogP contribution in [0.2, 0.25) is 5.02 Å². The van der Waals surface area contributed by atoms with Crippen molar-refractivity contribution in [3.05, 3.63) is 83.1 Å². The van der Waals surface area contributed by atoms with Gasteiger partial charge in [-0.2, -0.15) is 13.2 Å². The minimum atomic E-state index is -4.50. The van der Waals surface area contributed by atoms with Gasteiger partial charge in [0.15, 0.2) is 0 Å². The number of hydrogen-bond donors (Lipinski definition) is 2. The maximum atomic E-state index is 12.7. The quantitative estimate of drug-likeness (QED) is 0.437. The molecule has 0 saturated carbocycles. The van der Waals surface area contributed by atoms with E-state index in [4.69, 9.17) is 11.6 Å². The lowest BCUT2D eigenvalue weighted by atomic mass is 10.2. The van der Waals surface area contributed by atoms with Gasteiger partial charge in [-0.1, -0.05) is 41.9 Å². The maximum Gasteiger partial charge on any atom is 0.417 e. The third kappa shape index (κ3) is 5.88. The standard InChI is InChI=1S/C20H15ClF3N3OS/c21-15-10-13(20(22,23)24)11-25-17(15)12-29-18-9-5-4-8-16(18)27-19(28)26-14-6-2-1-3-7-14/h1-11H,12H2,(H2,26,27,28). The third-order valence-corrected chi connectivity index (χ3v) is 5.19. The number of hydrogen-bond acceptors (Lipinski definition) is 3. The molecular weight excluding hydrogens is 423 g/mol. The van der Waals surface area contributed by atoms with Crippen LogP contribution in [0.15, 0.2) is 71.8 Å². The maximum absolute atomic E-state index is 12.7. The van der Waals surface area contributed by atoms with Crippen molar-refractivity contribution in [2.24, 2.45) is 0 Å². The molecule has 0 aliphatic rings. The van der Waals surface area contributed by atoms with E-state index < -0.39 is 17.8 Å². The van der Waals surface area contributed by atoms with Crippen LogP contribution in [0.1, 0.15) is 11.3 Å². The van der Waals surface area contributed by atoms with Gasteiger partial charge in [-0.15, -0.1) is 11.8 Å². The zero-order valence-corrected chi connectivity index (χ0v) is 16.4. The second-order valence-electron chi connectivity index (χ2n) is 5.88. The molecule has 1 heterocycles. The number of alkyl halides is 3. The molecular formula is C20H15ClF3N3OS. The molecule has 2 amide bonds. The van der Waals surface area contributed by atoms with Crippen LogP contribution in [0, 0.1) is 0 Å². The molecule has 0 saturated heterocycles. The van der Waals surface area contributed by atoms with Crippen LogP contribution in [-0.4, -0.2) is 11.0 Å². The van der Waals surface area contributed by atoms with E-state index in [9.17, 15) is 18.0 Å². The SMILES string of the molecule is O=C(Nc1ccccc1)Nc1ccccc1SCc1ncc(C(F)(F)F)cc1Cl. The number of para-hydroxylation sites is 2. The molecule has 0 radical (unpaired) electrons. The van der Waals surface area contributed by atoms with E-state index in [1.54, 1.807) is 48.5 Å². The predicted octanol–water partition coefficient (Wildman–Crippen LogP) is 6.69. The monoisotopic (exact) mass is 437 g/mol. The van der Waals surface area contributed by atoms with E-state index >= 15 is 0 Å². The van der Waals surface area contributed by atoms with Gasteiger partial charge in [-0.3, -0.25) is 4.98 Å². The van der Waals surface area contributed by atoms with E-state index in [0.29, 0.717) is 17.1 Å². The van der Waals surface area contributed by atoms with Gasteiger partial charge in [0.25, 0.3) is 0 Å². The minimum Gasteiger partial charge on any atom is -0.308 e. The van der Waals surface area contributed by atoms with Crippen molar-refractivity contribution in [2.75, 3.05) is 10.6 Å². The number of nitrogens with zero attached hydrogens (tertiary/aromatic N) is 1. The molecule has 0 aliphatic carbocycles. The van der Waals surface area contributed by atoms with Crippen LogP contribution < -0.4 is 10.6 Å². The second kappa shape index (κ2) is 9.19. The Balaban J connectivity index is 1.67. The zero-order chi connectivity index (χ0) is 20.9. The summed E-state index contributed by atoms with van der Waals surface area (Å²) in [5.74, 6) is 0.246. The van der Waals surface area contributed by atoms with Crippen LogP contribution in [0.3, 0.4) is 0 Å². The summed E-state index contributed by atoms with van der Waals surface area (Å²) in [5.41, 5.74) is 0.647. The summed E-state index contributed by atoms with van der Waals surface area (Å²) >= 11 is 7.27. The summed E-state index contributed by atoms with van der Waals surface area (Å²) in [6.07, 6.45) is -3.73. The number of carbonyl (C=O) groups excluding carboxylic acids is 1. The number of pyridine rings is 1. The highest BCUT2D eigenvalue weighted by molar-refractivity contribution is 7.98. The summed E-state index contributed by atoms with van der Waals surface area (Å²) in [6, 6.07) is 16.5. The molecule has 3 aromatic rings. The Hall–Kier alpha value is -2.71. The third-order valence-electron chi connectivity index (χ3n) is 3.78. The Bertz CT molecular complexity index is 1000. The first-order chi connectivity index (χ1) is 13.8. The first-order valence-corrected chi connectivity index (χ1v) is 9.76. The number of amides is 2. The van der Waals surface area contributed by atoms with Crippen LogP contribution in [-0.2, 0) is 11.9 Å².